The smallest absolute Gasteiger partial charge is 0.240 e. The number of likely N-dealkylation sites (tertiary alicyclic amines) is 1. The zero-order chi connectivity index (χ0) is 39.4. The van der Waals surface area contributed by atoms with E-state index in [-0.39, 0.29) is 43.0 Å². The number of hydrogen-bond acceptors (Lipinski definition) is 9. The number of piperidine rings is 1. The van der Waals surface area contributed by atoms with Gasteiger partial charge in [-0.25, -0.2) is 0 Å². The molecule has 1 aromatic carbocycles. The van der Waals surface area contributed by atoms with Gasteiger partial charge in [-0.15, -0.1) is 0 Å². The summed E-state index contributed by atoms with van der Waals surface area (Å²) >= 11 is 0. The Morgan fingerprint density at radius 2 is 1.65 bits per heavy atom. The Balaban J connectivity index is 1.47. The van der Waals surface area contributed by atoms with Crippen LogP contribution in [0, 0.1) is 17.8 Å². The molecule has 0 radical (unpaired) electrons. The van der Waals surface area contributed by atoms with E-state index in [1.54, 1.807) is 7.11 Å². The number of aliphatic hydroxyl groups is 1. The minimum atomic E-state index is -0.890. The van der Waals surface area contributed by atoms with Crippen molar-refractivity contribution in [2.24, 2.45) is 17.8 Å². The van der Waals surface area contributed by atoms with Crippen LogP contribution in [-0.2, 0) is 35.0 Å². The lowest BCUT2D eigenvalue weighted by atomic mass is 9.81. The van der Waals surface area contributed by atoms with E-state index in [0.29, 0.717) is 58.0 Å². The van der Waals surface area contributed by atoms with Crippen molar-refractivity contribution in [3.05, 3.63) is 35.9 Å². The van der Waals surface area contributed by atoms with E-state index in [2.05, 4.69) is 27.8 Å². The number of rotatable bonds is 23. The van der Waals surface area contributed by atoms with Crippen molar-refractivity contribution in [2.45, 2.75) is 135 Å². The third-order valence-electron chi connectivity index (χ3n) is 11.9. The van der Waals surface area contributed by atoms with Crippen LogP contribution in [0.3, 0.4) is 0 Å². The van der Waals surface area contributed by atoms with Gasteiger partial charge >= 0.3 is 0 Å². The first-order valence-corrected chi connectivity index (χ1v) is 21.4. The third kappa shape index (κ3) is 15.7. The molecule has 1 aromatic rings. The lowest BCUT2D eigenvalue weighted by Crippen LogP contribution is -2.58. The molecule has 0 aromatic heterocycles. The molecule has 2 heterocycles. The summed E-state index contributed by atoms with van der Waals surface area (Å²) in [6.07, 6.45) is 9.99. The van der Waals surface area contributed by atoms with Crippen LogP contribution in [0.15, 0.2) is 30.3 Å². The summed E-state index contributed by atoms with van der Waals surface area (Å²) in [5, 5.41) is 21.9. The number of amides is 3. The Hall–Kier alpha value is -2.61. The Morgan fingerprint density at radius 1 is 0.945 bits per heavy atom. The minimum absolute atomic E-state index is 0.0125. The third-order valence-corrected chi connectivity index (χ3v) is 11.9. The maximum Gasteiger partial charge on any atom is 0.240 e. The molecule has 12 heteroatoms. The Labute approximate surface area is 331 Å². The molecule has 3 fully saturated rings. The molecule has 12 nitrogen and oxygen atoms in total. The quantitative estimate of drug-likeness (QED) is 0.120. The molecular weight excluding hydrogens is 699 g/mol. The molecule has 0 spiro atoms. The standard InChI is InChI=1S/C43H73N5O7/c1-5-6-17-37(45-39(29-34-15-11-8-12-16-34)43(52)48-21-18-35(19-22-48)55-31-53-4)42(51)46-38(28-33-13-9-7-10-14-33)40(49)30-36(32(2)3)41(50)44-20-23-47-24-26-54-27-25-47/h8,11-12,15-16,32-33,35-40,45,49H,5-7,9-10,13-14,17-31H2,1-4H3,(H,44,50)(H,46,51)/t36-,37-,38-,39?,40-/m0/s1. The molecule has 1 aliphatic carbocycles. The maximum absolute atomic E-state index is 14.5. The number of carbonyl (C=O) groups is 3. The highest BCUT2D eigenvalue weighted by Crippen LogP contribution is 2.30. The van der Waals surface area contributed by atoms with Gasteiger partial charge in [-0.1, -0.05) is 96.0 Å². The van der Waals surface area contributed by atoms with Crippen molar-refractivity contribution in [3.8, 4) is 0 Å². The van der Waals surface area contributed by atoms with Crippen LogP contribution >= 0.6 is 0 Å². The van der Waals surface area contributed by atoms with Gasteiger partial charge in [0.2, 0.25) is 17.7 Å². The number of morpholine rings is 1. The van der Waals surface area contributed by atoms with Crippen molar-refractivity contribution in [1.82, 2.24) is 25.8 Å². The van der Waals surface area contributed by atoms with Gasteiger partial charge in [-0.3, -0.25) is 24.6 Å². The monoisotopic (exact) mass is 772 g/mol. The first-order chi connectivity index (χ1) is 26.7. The SMILES string of the molecule is CCCC[C@H](NC(Cc1ccccc1)C(=O)N1CCC(OCOC)CC1)C(=O)N[C@@H](CC1CCCCC1)[C@@H](O)C[C@H](C(=O)NCCN1CCOCC1)C(C)C. The molecule has 55 heavy (non-hydrogen) atoms. The second-order valence-electron chi connectivity index (χ2n) is 16.5. The summed E-state index contributed by atoms with van der Waals surface area (Å²) in [6, 6.07) is 8.24. The maximum atomic E-state index is 14.5. The van der Waals surface area contributed by atoms with E-state index < -0.39 is 30.1 Å². The predicted octanol–water partition coefficient (Wildman–Crippen LogP) is 4.28. The fraction of sp³-hybridized carbons (Fsp3) is 0.791. The second kappa shape index (κ2) is 24.9. The van der Waals surface area contributed by atoms with E-state index in [0.717, 1.165) is 76.6 Å². The fourth-order valence-electron chi connectivity index (χ4n) is 8.41. The number of hydrogen-bond donors (Lipinski definition) is 4. The van der Waals surface area contributed by atoms with E-state index in [1.165, 1.54) is 6.42 Å². The molecule has 1 saturated carbocycles. The Bertz CT molecular complexity index is 1240. The van der Waals surface area contributed by atoms with Gasteiger partial charge < -0.3 is 34.9 Å². The van der Waals surface area contributed by atoms with Crippen molar-refractivity contribution in [3.63, 3.8) is 0 Å². The first-order valence-electron chi connectivity index (χ1n) is 21.4. The molecule has 3 aliphatic rings. The number of benzene rings is 1. The summed E-state index contributed by atoms with van der Waals surface area (Å²) in [7, 11) is 1.61. The van der Waals surface area contributed by atoms with Crippen molar-refractivity contribution in [2.75, 3.05) is 66.4 Å². The van der Waals surface area contributed by atoms with Crippen molar-refractivity contribution < 1.29 is 33.7 Å². The number of nitrogens with zero attached hydrogens (tertiary/aromatic N) is 2. The highest BCUT2D eigenvalue weighted by molar-refractivity contribution is 5.86. The second-order valence-corrected chi connectivity index (χ2v) is 16.5. The largest absolute Gasteiger partial charge is 0.391 e. The normalized spacial score (nSPS) is 20.4. The van der Waals surface area contributed by atoms with Gasteiger partial charge in [0.1, 0.15) is 6.79 Å². The average molecular weight is 772 g/mol. The molecular formula is C43H73N5O7. The van der Waals surface area contributed by atoms with E-state index in [1.807, 2.05) is 49.1 Å². The van der Waals surface area contributed by atoms with Gasteiger partial charge in [0, 0.05) is 52.3 Å². The van der Waals surface area contributed by atoms with Crippen LogP contribution in [0.5, 0.6) is 0 Å². The first kappa shape index (κ1) is 45.1. The number of aliphatic hydroxyl groups excluding tert-OH is 1. The van der Waals surface area contributed by atoms with Gasteiger partial charge in [0.05, 0.1) is 43.5 Å². The van der Waals surface area contributed by atoms with Crippen LogP contribution in [0.4, 0.5) is 0 Å². The van der Waals surface area contributed by atoms with E-state index in [9.17, 15) is 19.5 Å². The topological polar surface area (TPSA) is 142 Å². The average Bonchev–Trinajstić information content (AvgIpc) is 3.20. The molecule has 3 amide bonds. The molecule has 312 valence electrons. The van der Waals surface area contributed by atoms with E-state index >= 15 is 0 Å². The van der Waals surface area contributed by atoms with Gasteiger partial charge in [0.25, 0.3) is 0 Å². The van der Waals surface area contributed by atoms with Crippen LogP contribution < -0.4 is 16.0 Å². The molecule has 2 aliphatic heterocycles. The summed E-state index contributed by atoms with van der Waals surface area (Å²) in [4.78, 5) is 46.4. The fourth-order valence-corrected chi connectivity index (χ4v) is 8.41. The van der Waals surface area contributed by atoms with Crippen LogP contribution in [0.25, 0.3) is 0 Å². The van der Waals surface area contributed by atoms with Gasteiger partial charge in [-0.2, -0.15) is 0 Å². The zero-order valence-electron chi connectivity index (χ0n) is 34.4. The molecule has 5 atom stereocenters. The van der Waals surface area contributed by atoms with Crippen LogP contribution in [-0.4, -0.2) is 129 Å². The zero-order valence-corrected chi connectivity index (χ0v) is 34.4. The van der Waals surface area contributed by atoms with Gasteiger partial charge in [0.15, 0.2) is 0 Å². The lowest BCUT2D eigenvalue weighted by Gasteiger charge is -2.36. The number of unbranched alkanes of at least 4 members (excludes halogenated alkanes) is 1. The minimum Gasteiger partial charge on any atom is -0.391 e. The predicted molar refractivity (Wildman–Crippen MR) is 215 cm³/mol. The summed E-state index contributed by atoms with van der Waals surface area (Å²) in [5.41, 5.74) is 1.02. The van der Waals surface area contributed by atoms with Crippen LogP contribution in [0.1, 0.15) is 103 Å². The molecule has 4 N–H and O–H groups in total. The van der Waals surface area contributed by atoms with E-state index in [4.69, 9.17) is 14.2 Å². The lowest BCUT2D eigenvalue weighted by molar-refractivity contribution is -0.139. The molecule has 0 bridgehead atoms. The Kier molecular flexibility index (Phi) is 20.4. The number of nitrogens with one attached hydrogen (secondary N) is 3. The van der Waals surface area contributed by atoms with Crippen LogP contribution in [0.2, 0.25) is 0 Å². The highest BCUT2D eigenvalue weighted by atomic mass is 16.7. The molecule has 2 saturated heterocycles. The number of carbonyl (C=O) groups excluding carboxylic acids is 3. The summed E-state index contributed by atoms with van der Waals surface area (Å²) in [5.74, 6) is -0.230. The van der Waals surface area contributed by atoms with Crippen molar-refractivity contribution in [1.29, 1.82) is 0 Å². The molecule has 4 rings (SSSR count). The summed E-state index contributed by atoms with van der Waals surface area (Å²) < 4.78 is 16.3. The molecule has 1 unspecified atom stereocenters. The summed E-state index contributed by atoms with van der Waals surface area (Å²) in [6.45, 7) is 12.0. The highest BCUT2D eigenvalue weighted by Gasteiger charge is 2.36. The number of methoxy groups -OCH3 is 1. The number of ether oxygens (including phenoxy) is 3. The van der Waals surface area contributed by atoms with Gasteiger partial charge in [-0.05, 0) is 55.9 Å². The Morgan fingerprint density at radius 3 is 2.31 bits per heavy atom. The van der Waals surface area contributed by atoms with Crippen molar-refractivity contribution >= 4 is 17.7 Å².